The third-order valence-electron chi connectivity index (χ3n) is 3.32. The maximum Gasteiger partial charge on any atom is 0.232 e. The summed E-state index contributed by atoms with van der Waals surface area (Å²) in [6.07, 6.45) is 1.39. The fourth-order valence-corrected chi connectivity index (χ4v) is 3.03. The second-order valence-corrected chi connectivity index (χ2v) is 5.78. The van der Waals surface area contributed by atoms with E-state index in [0.29, 0.717) is 24.7 Å². The van der Waals surface area contributed by atoms with E-state index in [1.54, 1.807) is 18.3 Å². The van der Waals surface area contributed by atoms with E-state index in [9.17, 15) is 4.79 Å². The first-order valence-corrected chi connectivity index (χ1v) is 7.20. The Morgan fingerprint density at radius 2 is 2.47 bits per heavy atom. The van der Waals surface area contributed by atoms with Gasteiger partial charge in [0.2, 0.25) is 11.8 Å². The molecule has 1 aliphatic heterocycles. The highest BCUT2D eigenvalue weighted by Crippen LogP contribution is 2.27. The van der Waals surface area contributed by atoms with Gasteiger partial charge in [0, 0.05) is 24.4 Å². The van der Waals surface area contributed by atoms with E-state index >= 15 is 0 Å². The number of carbonyl (C=O) groups is 1. The van der Waals surface area contributed by atoms with Gasteiger partial charge in [-0.15, -0.1) is 11.3 Å². The van der Waals surface area contributed by atoms with Crippen molar-refractivity contribution in [1.82, 2.24) is 15.0 Å². The topological polar surface area (TPSA) is 59.2 Å². The Kier molecular flexibility index (Phi) is 3.33. The van der Waals surface area contributed by atoms with Gasteiger partial charge >= 0.3 is 0 Å². The quantitative estimate of drug-likeness (QED) is 0.857. The Bertz CT molecular complexity index is 564. The first kappa shape index (κ1) is 12.3. The molecule has 1 amide bonds. The maximum atomic E-state index is 12.0. The lowest BCUT2D eigenvalue weighted by atomic mass is 10.1. The zero-order valence-corrected chi connectivity index (χ0v) is 11.5. The molecule has 2 aromatic heterocycles. The molecule has 1 fully saturated rings. The van der Waals surface area contributed by atoms with Gasteiger partial charge in [0.15, 0.2) is 5.82 Å². The van der Waals surface area contributed by atoms with E-state index in [0.717, 1.165) is 13.0 Å². The molecule has 0 bridgehead atoms. The Balaban J connectivity index is 1.60. The Morgan fingerprint density at radius 3 is 3.16 bits per heavy atom. The monoisotopic (exact) mass is 277 g/mol. The lowest BCUT2D eigenvalue weighted by Gasteiger charge is -2.15. The highest BCUT2D eigenvalue weighted by molar-refractivity contribution is 7.09. The predicted molar refractivity (Wildman–Crippen MR) is 71.0 cm³/mol. The van der Waals surface area contributed by atoms with Gasteiger partial charge in [-0.05, 0) is 24.8 Å². The standard InChI is InChI=1S/C13H15N3O2S/c1-9-14-13(18-15-9)10-7-12(17)16(8-10)5-4-11-3-2-6-19-11/h2-3,6,10H,4-5,7-8H2,1H3/t10-/m1/s1. The van der Waals surface area contributed by atoms with Crippen LogP contribution in [0.5, 0.6) is 0 Å². The Labute approximate surface area is 115 Å². The van der Waals surface area contributed by atoms with Crippen molar-refractivity contribution in [3.63, 3.8) is 0 Å². The van der Waals surface area contributed by atoms with Crippen LogP contribution in [0.15, 0.2) is 22.0 Å². The molecule has 0 saturated carbocycles. The molecule has 2 aromatic rings. The van der Waals surface area contributed by atoms with Crippen molar-refractivity contribution in [1.29, 1.82) is 0 Å². The van der Waals surface area contributed by atoms with Crippen molar-refractivity contribution < 1.29 is 9.32 Å². The molecule has 19 heavy (non-hydrogen) atoms. The fraction of sp³-hybridized carbons (Fsp3) is 0.462. The van der Waals surface area contributed by atoms with E-state index in [2.05, 4.69) is 21.6 Å². The first-order chi connectivity index (χ1) is 9.22. The Hall–Kier alpha value is -1.69. The molecule has 0 spiro atoms. The summed E-state index contributed by atoms with van der Waals surface area (Å²) in [6.45, 7) is 3.24. The van der Waals surface area contributed by atoms with Crippen LogP contribution in [-0.4, -0.2) is 34.0 Å². The fourth-order valence-electron chi connectivity index (χ4n) is 2.33. The van der Waals surface area contributed by atoms with E-state index in [4.69, 9.17) is 4.52 Å². The third kappa shape index (κ3) is 2.68. The molecular weight excluding hydrogens is 262 g/mol. The average Bonchev–Trinajstić information content (AvgIpc) is 3.08. The summed E-state index contributed by atoms with van der Waals surface area (Å²) in [7, 11) is 0. The number of amides is 1. The molecule has 3 heterocycles. The van der Waals surface area contributed by atoms with Gasteiger partial charge in [0.05, 0.1) is 5.92 Å². The van der Waals surface area contributed by atoms with Crippen LogP contribution in [0.3, 0.4) is 0 Å². The van der Waals surface area contributed by atoms with Crippen molar-refractivity contribution >= 4 is 17.2 Å². The lowest BCUT2D eigenvalue weighted by Crippen LogP contribution is -2.27. The summed E-state index contributed by atoms with van der Waals surface area (Å²) in [6, 6.07) is 4.14. The summed E-state index contributed by atoms with van der Waals surface area (Å²) in [5.74, 6) is 1.44. The number of carbonyl (C=O) groups excluding carboxylic acids is 1. The Morgan fingerprint density at radius 1 is 1.58 bits per heavy atom. The van der Waals surface area contributed by atoms with E-state index in [1.165, 1.54) is 4.88 Å². The minimum Gasteiger partial charge on any atom is -0.342 e. The second-order valence-electron chi connectivity index (χ2n) is 4.75. The number of rotatable bonds is 4. The lowest BCUT2D eigenvalue weighted by molar-refractivity contribution is -0.127. The largest absolute Gasteiger partial charge is 0.342 e. The SMILES string of the molecule is Cc1noc([C@@H]2CC(=O)N(CCc3cccs3)C2)n1. The van der Waals surface area contributed by atoms with Crippen molar-refractivity contribution in [2.75, 3.05) is 13.1 Å². The highest BCUT2D eigenvalue weighted by atomic mass is 32.1. The van der Waals surface area contributed by atoms with Crippen molar-refractivity contribution in [3.8, 4) is 0 Å². The summed E-state index contributed by atoms with van der Waals surface area (Å²) in [5.41, 5.74) is 0. The van der Waals surface area contributed by atoms with Gasteiger partial charge in [-0.2, -0.15) is 4.98 Å². The van der Waals surface area contributed by atoms with E-state index < -0.39 is 0 Å². The van der Waals surface area contributed by atoms with Crippen LogP contribution in [0.2, 0.25) is 0 Å². The number of aryl methyl sites for hydroxylation is 1. The van der Waals surface area contributed by atoms with Crippen molar-refractivity contribution in [2.24, 2.45) is 0 Å². The number of aromatic nitrogens is 2. The van der Waals surface area contributed by atoms with Gasteiger partial charge in [0.1, 0.15) is 0 Å². The number of hydrogen-bond acceptors (Lipinski definition) is 5. The van der Waals surface area contributed by atoms with Crippen molar-refractivity contribution in [2.45, 2.75) is 25.7 Å². The predicted octanol–water partition coefficient (Wildman–Crippen LogP) is 2.00. The number of nitrogens with zero attached hydrogens (tertiary/aromatic N) is 3. The van der Waals surface area contributed by atoms with Gasteiger partial charge in [-0.25, -0.2) is 0 Å². The molecule has 0 aliphatic carbocycles. The molecule has 0 aromatic carbocycles. The second kappa shape index (κ2) is 5.13. The molecule has 3 rings (SSSR count). The summed E-state index contributed by atoms with van der Waals surface area (Å²) < 4.78 is 5.16. The normalized spacial score (nSPS) is 19.3. The molecule has 5 nitrogen and oxygen atoms in total. The average molecular weight is 277 g/mol. The molecular formula is C13H15N3O2S. The third-order valence-corrected chi connectivity index (χ3v) is 4.25. The highest BCUT2D eigenvalue weighted by Gasteiger charge is 2.33. The summed E-state index contributed by atoms with van der Waals surface area (Å²) in [5, 5.41) is 5.84. The van der Waals surface area contributed by atoms with Gasteiger partial charge < -0.3 is 9.42 Å². The van der Waals surface area contributed by atoms with Crippen LogP contribution in [0.25, 0.3) is 0 Å². The van der Waals surface area contributed by atoms with Gasteiger partial charge in [-0.3, -0.25) is 4.79 Å². The number of hydrogen-bond donors (Lipinski definition) is 0. The van der Waals surface area contributed by atoms with Crippen LogP contribution < -0.4 is 0 Å². The van der Waals surface area contributed by atoms with Gasteiger partial charge in [0.25, 0.3) is 0 Å². The van der Waals surface area contributed by atoms with Crippen LogP contribution in [0.1, 0.15) is 28.9 Å². The molecule has 1 saturated heterocycles. The first-order valence-electron chi connectivity index (χ1n) is 6.33. The van der Waals surface area contributed by atoms with Crippen LogP contribution in [-0.2, 0) is 11.2 Å². The number of thiophene rings is 1. The van der Waals surface area contributed by atoms with Crippen molar-refractivity contribution in [3.05, 3.63) is 34.1 Å². The van der Waals surface area contributed by atoms with Crippen LogP contribution in [0.4, 0.5) is 0 Å². The maximum absolute atomic E-state index is 12.0. The summed E-state index contributed by atoms with van der Waals surface area (Å²) in [4.78, 5) is 19.4. The zero-order valence-electron chi connectivity index (χ0n) is 10.7. The molecule has 1 atom stereocenters. The van der Waals surface area contributed by atoms with E-state index in [1.807, 2.05) is 11.0 Å². The van der Waals surface area contributed by atoms with E-state index in [-0.39, 0.29) is 11.8 Å². The van der Waals surface area contributed by atoms with Gasteiger partial charge in [-0.1, -0.05) is 11.2 Å². The molecule has 0 unspecified atom stereocenters. The van der Waals surface area contributed by atoms with Crippen LogP contribution >= 0.6 is 11.3 Å². The molecule has 0 N–H and O–H groups in total. The molecule has 0 radical (unpaired) electrons. The summed E-state index contributed by atoms with van der Waals surface area (Å²) >= 11 is 1.73. The number of likely N-dealkylation sites (tertiary alicyclic amines) is 1. The smallest absolute Gasteiger partial charge is 0.232 e. The minimum absolute atomic E-state index is 0.0528. The zero-order chi connectivity index (χ0) is 13.2. The molecule has 1 aliphatic rings. The molecule has 6 heteroatoms. The molecule has 100 valence electrons. The minimum atomic E-state index is 0.0528. The van der Waals surface area contributed by atoms with Crippen LogP contribution in [0, 0.1) is 6.92 Å².